The van der Waals surface area contributed by atoms with Crippen LogP contribution >= 0.6 is 0 Å². The number of carbonyl (C=O) groups is 2. The second-order valence-corrected chi connectivity index (χ2v) is 5.76. The summed E-state index contributed by atoms with van der Waals surface area (Å²) in [4.78, 5) is 26.6. The highest BCUT2D eigenvalue weighted by Gasteiger charge is 2.42. The number of carbonyl (C=O) groups excluding carboxylic acids is 2. The molecule has 3 rings (SSSR count). The van der Waals surface area contributed by atoms with Gasteiger partial charge in [-0.15, -0.1) is 0 Å². The van der Waals surface area contributed by atoms with Crippen molar-refractivity contribution in [1.82, 2.24) is 10.2 Å². The molecule has 0 aliphatic carbocycles. The van der Waals surface area contributed by atoms with Gasteiger partial charge in [0.1, 0.15) is 0 Å². The smallest absolute Gasteiger partial charge is 0.254 e. The summed E-state index contributed by atoms with van der Waals surface area (Å²) in [6.07, 6.45) is 2.46. The van der Waals surface area contributed by atoms with E-state index in [0.29, 0.717) is 19.5 Å². The molecule has 0 spiro atoms. The molecule has 2 aliphatic heterocycles. The third kappa shape index (κ3) is 2.53. The average Bonchev–Trinajstić information content (AvgIpc) is 2.89. The quantitative estimate of drug-likeness (QED) is 0.852. The van der Waals surface area contributed by atoms with Gasteiger partial charge in [0, 0.05) is 18.7 Å². The van der Waals surface area contributed by atoms with Crippen molar-refractivity contribution < 1.29 is 9.59 Å². The predicted molar refractivity (Wildman–Crippen MR) is 79.8 cm³/mol. The predicted octanol–water partition coefficient (Wildman–Crippen LogP) is 0.538. The van der Waals surface area contributed by atoms with Crippen LogP contribution in [0.5, 0.6) is 0 Å². The fraction of sp³-hybridized carbons (Fsp3) is 0.500. The molecule has 0 radical (unpaired) electrons. The Balaban J connectivity index is 1.86. The first-order valence-electron chi connectivity index (χ1n) is 7.59. The van der Waals surface area contributed by atoms with Crippen molar-refractivity contribution in [2.75, 3.05) is 19.6 Å². The molecule has 5 nitrogen and oxygen atoms in total. The SMILES string of the molecule is NCCc1ccccc1C(=O)N1CCCC2C(=O)NCC21. The minimum Gasteiger partial charge on any atom is -0.354 e. The van der Waals surface area contributed by atoms with E-state index < -0.39 is 0 Å². The highest BCUT2D eigenvalue weighted by Crippen LogP contribution is 2.29. The number of nitrogens with one attached hydrogen (secondary N) is 1. The molecular formula is C16H21N3O2. The van der Waals surface area contributed by atoms with Crippen LogP contribution in [0.25, 0.3) is 0 Å². The summed E-state index contributed by atoms with van der Waals surface area (Å²) in [5.41, 5.74) is 7.35. The molecule has 0 aromatic heterocycles. The normalized spacial score (nSPS) is 24.6. The van der Waals surface area contributed by atoms with Gasteiger partial charge in [0.05, 0.1) is 12.0 Å². The van der Waals surface area contributed by atoms with E-state index in [1.807, 2.05) is 29.2 Å². The van der Waals surface area contributed by atoms with Gasteiger partial charge in [-0.05, 0) is 37.4 Å². The largest absolute Gasteiger partial charge is 0.354 e. The van der Waals surface area contributed by atoms with Gasteiger partial charge in [0.25, 0.3) is 5.91 Å². The molecule has 2 heterocycles. The highest BCUT2D eigenvalue weighted by molar-refractivity contribution is 5.97. The summed E-state index contributed by atoms with van der Waals surface area (Å²) in [7, 11) is 0. The molecule has 3 N–H and O–H groups in total. The Labute approximate surface area is 124 Å². The lowest BCUT2D eigenvalue weighted by atomic mass is 9.90. The molecule has 2 atom stereocenters. The van der Waals surface area contributed by atoms with Crippen molar-refractivity contribution in [2.45, 2.75) is 25.3 Å². The van der Waals surface area contributed by atoms with Gasteiger partial charge in [0.15, 0.2) is 0 Å². The van der Waals surface area contributed by atoms with Crippen LogP contribution in [0, 0.1) is 5.92 Å². The van der Waals surface area contributed by atoms with Gasteiger partial charge in [-0.3, -0.25) is 9.59 Å². The number of piperidine rings is 1. The molecule has 2 unspecified atom stereocenters. The van der Waals surface area contributed by atoms with Gasteiger partial charge in [-0.1, -0.05) is 18.2 Å². The van der Waals surface area contributed by atoms with E-state index in [9.17, 15) is 9.59 Å². The highest BCUT2D eigenvalue weighted by atomic mass is 16.2. The molecule has 5 heteroatoms. The number of benzene rings is 1. The van der Waals surface area contributed by atoms with E-state index >= 15 is 0 Å². The Morgan fingerprint density at radius 2 is 2.19 bits per heavy atom. The van der Waals surface area contributed by atoms with Crippen LogP contribution in [0.4, 0.5) is 0 Å². The van der Waals surface area contributed by atoms with Crippen molar-refractivity contribution in [2.24, 2.45) is 11.7 Å². The number of rotatable bonds is 3. The lowest BCUT2D eigenvalue weighted by Gasteiger charge is -2.36. The number of amides is 2. The Morgan fingerprint density at radius 3 is 3.00 bits per heavy atom. The number of nitrogens with two attached hydrogens (primary N) is 1. The van der Waals surface area contributed by atoms with E-state index in [1.165, 1.54) is 0 Å². The first-order chi connectivity index (χ1) is 10.2. The minimum absolute atomic E-state index is 0.00434. The van der Waals surface area contributed by atoms with Crippen molar-refractivity contribution in [3.05, 3.63) is 35.4 Å². The number of hydrogen-bond donors (Lipinski definition) is 2. The summed E-state index contributed by atoms with van der Waals surface area (Å²) < 4.78 is 0. The Morgan fingerprint density at radius 1 is 1.38 bits per heavy atom. The zero-order chi connectivity index (χ0) is 14.8. The van der Waals surface area contributed by atoms with Crippen LogP contribution in [-0.2, 0) is 11.2 Å². The molecule has 1 aromatic carbocycles. The lowest BCUT2D eigenvalue weighted by molar-refractivity contribution is -0.123. The van der Waals surface area contributed by atoms with Gasteiger partial charge in [-0.25, -0.2) is 0 Å². The maximum absolute atomic E-state index is 12.9. The zero-order valence-corrected chi connectivity index (χ0v) is 12.0. The molecular weight excluding hydrogens is 266 g/mol. The Hall–Kier alpha value is -1.88. The summed E-state index contributed by atoms with van der Waals surface area (Å²) in [5, 5.41) is 2.88. The molecule has 2 saturated heterocycles. The molecule has 2 amide bonds. The van der Waals surface area contributed by atoms with Crippen molar-refractivity contribution in [3.8, 4) is 0 Å². The molecule has 0 saturated carbocycles. The van der Waals surface area contributed by atoms with E-state index in [-0.39, 0.29) is 23.8 Å². The van der Waals surface area contributed by atoms with Crippen molar-refractivity contribution >= 4 is 11.8 Å². The van der Waals surface area contributed by atoms with Crippen LogP contribution < -0.4 is 11.1 Å². The monoisotopic (exact) mass is 287 g/mol. The maximum Gasteiger partial charge on any atom is 0.254 e. The van der Waals surface area contributed by atoms with Gasteiger partial charge in [-0.2, -0.15) is 0 Å². The number of fused-ring (bicyclic) bond motifs is 1. The number of hydrogen-bond acceptors (Lipinski definition) is 3. The van der Waals surface area contributed by atoms with Crippen molar-refractivity contribution in [3.63, 3.8) is 0 Å². The van der Waals surface area contributed by atoms with Gasteiger partial charge >= 0.3 is 0 Å². The van der Waals surface area contributed by atoms with Crippen LogP contribution in [0.2, 0.25) is 0 Å². The molecule has 2 aliphatic rings. The van der Waals surface area contributed by atoms with Crippen LogP contribution in [0.1, 0.15) is 28.8 Å². The molecule has 0 bridgehead atoms. The third-order valence-electron chi connectivity index (χ3n) is 4.52. The summed E-state index contributed by atoms with van der Waals surface area (Å²) in [6.45, 7) is 1.83. The Bertz CT molecular complexity index is 558. The maximum atomic E-state index is 12.9. The average molecular weight is 287 g/mol. The number of likely N-dealkylation sites (tertiary alicyclic amines) is 1. The van der Waals surface area contributed by atoms with Crippen LogP contribution in [0.15, 0.2) is 24.3 Å². The summed E-state index contributed by atoms with van der Waals surface area (Å²) in [6, 6.07) is 7.64. The van der Waals surface area contributed by atoms with Crippen LogP contribution in [0.3, 0.4) is 0 Å². The first-order valence-corrected chi connectivity index (χ1v) is 7.59. The molecule has 112 valence electrons. The third-order valence-corrected chi connectivity index (χ3v) is 4.52. The molecule has 2 fully saturated rings. The number of nitrogens with zero attached hydrogens (tertiary/aromatic N) is 1. The fourth-order valence-corrected chi connectivity index (χ4v) is 3.46. The zero-order valence-electron chi connectivity index (χ0n) is 12.0. The fourth-order valence-electron chi connectivity index (χ4n) is 3.46. The second-order valence-electron chi connectivity index (χ2n) is 5.76. The van der Waals surface area contributed by atoms with Crippen molar-refractivity contribution in [1.29, 1.82) is 0 Å². The Kier molecular flexibility index (Phi) is 3.92. The van der Waals surface area contributed by atoms with E-state index in [1.54, 1.807) is 0 Å². The summed E-state index contributed by atoms with van der Waals surface area (Å²) in [5.74, 6) is 0.0855. The topological polar surface area (TPSA) is 75.4 Å². The lowest BCUT2D eigenvalue weighted by Crippen LogP contribution is -2.48. The standard InChI is InChI=1S/C16H21N3O2/c17-8-7-11-4-1-2-5-12(11)16(21)19-9-3-6-13-14(19)10-18-15(13)20/h1-2,4-5,13-14H,3,6-10,17H2,(H,18,20). The molecule has 21 heavy (non-hydrogen) atoms. The van der Waals surface area contributed by atoms with Crippen LogP contribution in [-0.4, -0.2) is 42.4 Å². The molecule has 1 aromatic rings. The second kappa shape index (κ2) is 5.85. The van der Waals surface area contributed by atoms with Gasteiger partial charge < -0.3 is 16.0 Å². The van der Waals surface area contributed by atoms with E-state index in [4.69, 9.17) is 5.73 Å². The van der Waals surface area contributed by atoms with Gasteiger partial charge in [0.2, 0.25) is 5.91 Å². The summed E-state index contributed by atoms with van der Waals surface area (Å²) >= 11 is 0. The minimum atomic E-state index is -0.0376. The van der Waals surface area contributed by atoms with E-state index in [0.717, 1.165) is 30.5 Å². The van der Waals surface area contributed by atoms with E-state index in [2.05, 4.69) is 5.32 Å². The first kappa shape index (κ1) is 14.1.